The molecule has 3 aromatic rings. The Kier molecular flexibility index (Phi) is 7.09. The maximum Gasteiger partial charge on any atom is 0.257 e. The first-order valence-electron chi connectivity index (χ1n) is 10.2. The van der Waals surface area contributed by atoms with E-state index in [4.69, 9.17) is 4.74 Å². The third-order valence-electron chi connectivity index (χ3n) is 5.18. The number of anilines is 2. The molecule has 0 radical (unpaired) electrons. The van der Waals surface area contributed by atoms with Crippen molar-refractivity contribution >= 4 is 46.1 Å². The molecule has 7 nitrogen and oxygen atoms in total. The summed E-state index contributed by atoms with van der Waals surface area (Å²) in [4.78, 5) is 31.6. The molecule has 9 heteroatoms. The first-order valence-corrected chi connectivity index (χ1v) is 11.9. The largest absolute Gasteiger partial charge is 0.496 e. The number of nitrogens with zero attached hydrogens (tertiary/aromatic N) is 2. The molecule has 0 unspecified atom stereocenters. The van der Waals surface area contributed by atoms with E-state index in [9.17, 15) is 9.59 Å². The smallest absolute Gasteiger partial charge is 0.257 e. The number of thiazole rings is 1. The number of rotatable bonds is 7. The molecule has 0 saturated carbocycles. The van der Waals surface area contributed by atoms with E-state index in [1.165, 1.54) is 23.1 Å². The fourth-order valence-corrected chi connectivity index (χ4v) is 5.39. The van der Waals surface area contributed by atoms with Crippen molar-refractivity contribution in [1.82, 2.24) is 10.3 Å². The molecule has 0 aliphatic carbocycles. The van der Waals surface area contributed by atoms with Crippen LogP contribution >= 0.6 is 23.1 Å². The van der Waals surface area contributed by atoms with Gasteiger partial charge in [0.25, 0.3) is 5.91 Å². The Labute approximate surface area is 195 Å². The van der Waals surface area contributed by atoms with Crippen LogP contribution in [-0.4, -0.2) is 50.5 Å². The van der Waals surface area contributed by atoms with Crippen LogP contribution in [0, 0.1) is 6.92 Å². The molecule has 1 aliphatic heterocycles. The Morgan fingerprint density at radius 3 is 2.69 bits per heavy atom. The van der Waals surface area contributed by atoms with Crippen LogP contribution in [0.15, 0.2) is 51.7 Å². The van der Waals surface area contributed by atoms with Crippen molar-refractivity contribution in [1.29, 1.82) is 0 Å². The normalized spacial score (nSPS) is 13.6. The summed E-state index contributed by atoms with van der Waals surface area (Å²) in [7, 11) is 1.55. The molecule has 2 heterocycles. The Morgan fingerprint density at radius 2 is 2.00 bits per heavy atom. The van der Waals surface area contributed by atoms with Gasteiger partial charge in [0.1, 0.15) is 5.75 Å². The quantitative estimate of drug-likeness (QED) is 0.506. The lowest BCUT2D eigenvalue weighted by Crippen LogP contribution is -2.43. The van der Waals surface area contributed by atoms with Gasteiger partial charge in [0, 0.05) is 42.3 Å². The highest BCUT2D eigenvalue weighted by Gasteiger charge is 2.14. The van der Waals surface area contributed by atoms with Crippen LogP contribution in [0.4, 0.5) is 10.8 Å². The number of ether oxygens (including phenoxy) is 1. The van der Waals surface area contributed by atoms with Gasteiger partial charge in [-0.3, -0.25) is 14.9 Å². The summed E-state index contributed by atoms with van der Waals surface area (Å²) in [5.41, 5.74) is 3.22. The number of aryl methyl sites for hydroxylation is 1. The first kappa shape index (κ1) is 22.3. The fraction of sp³-hybridized carbons (Fsp3) is 0.261. The molecule has 32 heavy (non-hydrogen) atoms. The number of piperazine rings is 1. The standard InChI is InChI=1S/C23H24N4O3S2/c1-15-11-19(30-2)17(14-28)12-20(15)31-21-13-25-23(32-21)26-22(29)16-3-5-18(6-4-16)27-9-7-24-8-10-27/h3-6,11-14,24H,7-10H2,1-2H3,(H,25,26,29). The molecular formula is C23H24N4O3S2. The van der Waals surface area contributed by atoms with Gasteiger partial charge in [0.2, 0.25) is 0 Å². The zero-order valence-electron chi connectivity index (χ0n) is 17.9. The van der Waals surface area contributed by atoms with Gasteiger partial charge in [-0.2, -0.15) is 0 Å². The summed E-state index contributed by atoms with van der Waals surface area (Å²) in [6.07, 6.45) is 2.51. The molecule has 1 aromatic heterocycles. The zero-order chi connectivity index (χ0) is 22.5. The number of methoxy groups -OCH3 is 1. The number of hydrogen-bond donors (Lipinski definition) is 2. The highest BCUT2D eigenvalue weighted by molar-refractivity contribution is 8.01. The van der Waals surface area contributed by atoms with Gasteiger partial charge in [-0.15, -0.1) is 0 Å². The highest BCUT2D eigenvalue weighted by atomic mass is 32.2. The first-order chi connectivity index (χ1) is 15.6. The van der Waals surface area contributed by atoms with Crippen LogP contribution in [0.25, 0.3) is 0 Å². The van der Waals surface area contributed by atoms with Crippen LogP contribution in [-0.2, 0) is 0 Å². The topological polar surface area (TPSA) is 83.6 Å². The number of carbonyl (C=O) groups is 2. The van der Waals surface area contributed by atoms with Gasteiger partial charge in [0.05, 0.1) is 23.1 Å². The molecule has 1 fully saturated rings. The average Bonchev–Trinajstić information content (AvgIpc) is 3.27. The maximum atomic E-state index is 12.6. The van der Waals surface area contributed by atoms with Gasteiger partial charge in [-0.25, -0.2) is 4.98 Å². The van der Waals surface area contributed by atoms with Gasteiger partial charge in [0.15, 0.2) is 11.4 Å². The number of aromatic nitrogens is 1. The van der Waals surface area contributed by atoms with E-state index in [1.807, 2.05) is 43.3 Å². The van der Waals surface area contributed by atoms with E-state index >= 15 is 0 Å². The summed E-state index contributed by atoms with van der Waals surface area (Å²) < 4.78 is 6.17. The molecule has 166 valence electrons. The monoisotopic (exact) mass is 468 g/mol. The number of amides is 1. The summed E-state index contributed by atoms with van der Waals surface area (Å²) in [5, 5.41) is 6.75. The third kappa shape index (κ3) is 5.12. The Balaban J connectivity index is 1.41. The van der Waals surface area contributed by atoms with Crippen molar-refractivity contribution < 1.29 is 14.3 Å². The number of benzene rings is 2. The Bertz CT molecular complexity index is 1110. The number of carbonyl (C=O) groups excluding carboxylic acids is 2. The predicted octanol–water partition coefficient (Wildman–Crippen LogP) is 4.09. The van der Waals surface area contributed by atoms with Crippen molar-refractivity contribution in [2.45, 2.75) is 16.0 Å². The van der Waals surface area contributed by atoms with E-state index in [-0.39, 0.29) is 5.91 Å². The minimum Gasteiger partial charge on any atom is -0.496 e. The van der Waals surface area contributed by atoms with Crippen LogP contribution in [0.2, 0.25) is 0 Å². The summed E-state index contributed by atoms with van der Waals surface area (Å²) in [6.45, 7) is 5.84. The molecule has 4 rings (SSSR count). The lowest BCUT2D eigenvalue weighted by Gasteiger charge is -2.29. The van der Waals surface area contributed by atoms with Crippen molar-refractivity contribution in [3.63, 3.8) is 0 Å². The van der Waals surface area contributed by atoms with Crippen LogP contribution in [0.5, 0.6) is 5.75 Å². The highest BCUT2D eigenvalue weighted by Crippen LogP contribution is 2.38. The minimum atomic E-state index is -0.188. The number of hydrogen-bond acceptors (Lipinski definition) is 8. The van der Waals surface area contributed by atoms with E-state index in [0.29, 0.717) is 22.0 Å². The average molecular weight is 469 g/mol. The zero-order valence-corrected chi connectivity index (χ0v) is 19.5. The van der Waals surface area contributed by atoms with Crippen LogP contribution < -0.4 is 20.3 Å². The van der Waals surface area contributed by atoms with E-state index in [0.717, 1.165) is 52.8 Å². The van der Waals surface area contributed by atoms with E-state index < -0.39 is 0 Å². The summed E-state index contributed by atoms with van der Waals surface area (Å²) in [5.74, 6) is 0.369. The molecule has 2 aromatic carbocycles. The van der Waals surface area contributed by atoms with Crippen molar-refractivity contribution in [2.75, 3.05) is 43.5 Å². The second-order valence-electron chi connectivity index (χ2n) is 7.30. The fourth-order valence-electron chi connectivity index (χ4n) is 3.44. The van der Waals surface area contributed by atoms with Gasteiger partial charge in [-0.05, 0) is 48.9 Å². The van der Waals surface area contributed by atoms with Crippen molar-refractivity contribution in [3.05, 3.63) is 59.3 Å². The second kappa shape index (κ2) is 10.2. The summed E-state index contributed by atoms with van der Waals surface area (Å²) in [6, 6.07) is 11.3. The number of nitrogens with one attached hydrogen (secondary N) is 2. The van der Waals surface area contributed by atoms with E-state index in [1.54, 1.807) is 13.3 Å². The van der Waals surface area contributed by atoms with Gasteiger partial charge >= 0.3 is 0 Å². The molecule has 0 spiro atoms. The predicted molar refractivity (Wildman–Crippen MR) is 129 cm³/mol. The van der Waals surface area contributed by atoms with Gasteiger partial charge in [-0.1, -0.05) is 23.1 Å². The third-order valence-corrected chi connectivity index (χ3v) is 7.36. The lowest BCUT2D eigenvalue weighted by atomic mass is 10.1. The Morgan fingerprint density at radius 1 is 1.25 bits per heavy atom. The molecule has 2 N–H and O–H groups in total. The lowest BCUT2D eigenvalue weighted by molar-refractivity contribution is 0.102. The Hall–Kier alpha value is -2.88. The van der Waals surface area contributed by atoms with Crippen LogP contribution in [0.1, 0.15) is 26.3 Å². The molecular weight excluding hydrogens is 444 g/mol. The molecule has 0 bridgehead atoms. The molecule has 1 saturated heterocycles. The molecule has 1 aliphatic rings. The second-order valence-corrected chi connectivity index (χ2v) is 9.67. The maximum absolute atomic E-state index is 12.6. The van der Waals surface area contributed by atoms with Crippen LogP contribution in [0.3, 0.4) is 0 Å². The van der Waals surface area contributed by atoms with Gasteiger partial charge < -0.3 is 15.0 Å². The molecule has 0 atom stereocenters. The minimum absolute atomic E-state index is 0.188. The van der Waals surface area contributed by atoms with E-state index in [2.05, 4.69) is 20.5 Å². The molecule has 1 amide bonds. The SMILES string of the molecule is COc1cc(C)c(Sc2cnc(NC(=O)c3ccc(N4CCNCC4)cc3)s2)cc1C=O. The summed E-state index contributed by atoms with van der Waals surface area (Å²) >= 11 is 2.90. The number of aldehydes is 1. The van der Waals surface area contributed by atoms with Crippen molar-refractivity contribution in [2.24, 2.45) is 0 Å². The van der Waals surface area contributed by atoms with Crippen molar-refractivity contribution in [3.8, 4) is 5.75 Å².